The standard InChI is InChI=1S/C30H28BrN3O5/c1-5-6-21-11-20(13-27(36-4)28(21)37-16-19-7-10-25-26(12-19)39-17-38-25)15-32-34-29(18(2)3)33-24-9-8-22(31)14-23(24)30(34)35/h5,7-15,18H,1,6,16-17H2,2-4H3. The van der Waals surface area contributed by atoms with E-state index in [0.717, 1.165) is 26.9 Å². The maximum Gasteiger partial charge on any atom is 0.282 e. The maximum atomic E-state index is 13.4. The second kappa shape index (κ2) is 11.3. The molecule has 0 saturated heterocycles. The molecule has 5 rings (SSSR count). The number of halogens is 1. The van der Waals surface area contributed by atoms with Crippen LogP contribution >= 0.6 is 15.9 Å². The van der Waals surface area contributed by atoms with Crippen molar-refractivity contribution in [2.75, 3.05) is 13.9 Å². The number of rotatable bonds is 9. The number of methoxy groups -OCH3 is 1. The SMILES string of the molecule is C=CCc1cc(C=Nn2c(C(C)C)nc3ccc(Br)cc3c2=O)cc(OC)c1OCc1ccc2c(c1)OCO2. The van der Waals surface area contributed by atoms with Gasteiger partial charge in [-0.3, -0.25) is 4.79 Å². The Kier molecular flexibility index (Phi) is 7.70. The number of fused-ring (bicyclic) bond motifs is 2. The van der Waals surface area contributed by atoms with Crippen molar-refractivity contribution in [1.82, 2.24) is 9.66 Å². The van der Waals surface area contributed by atoms with E-state index in [4.69, 9.17) is 23.9 Å². The largest absolute Gasteiger partial charge is 0.493 e. The molecule has 0 saturated carbocycles. The van der Waals surface area contributed by atoms with Gasteiger partial charge in [0.1, 0.15) is 12.4 Å². The van der Waals surface area contributed by atoms with Gasteiger partial charge < -0.3 is 18.9 Å². The number of hydrogen-bond acceptors (Lipinski definition) is 7. The van der Waals surface area contributed by atoms with Crippen molar-refractivity contribution in [2.45, 2.75) is 32.8 Å². The van der Waals surface area contributed by atoms with Crippen molar-refractivity contribution in [3.63, 3.8) is 0 Å². The van der Waals surface area contributed by atoms with Crippen molar-refractivity contribution < 1.29 is 18.9 Å². The lowest BCUT2D eigenvalue weighted by molar-refractivity contribution is 0.174. The van der Waals surface area contributed by atoms with Crippen LogP contribution in [0.2, 0.25) is 0 Å². The van der Waals surface area contributed by atoms with Gasteiger partial charge >= 0.3 is 0 Å². The minimum atomic E-state index is -0.233. The van der Waals surface area contributed by atoms with Gasteiger partial charge in [0, 0.05) is 16.0 Å². The van der Waals surface area contributed by atoms with E-state index < -0.39 is 0 Å². The molecule has 0 fully saturated rings. The summed E-state index contributed by atoms with van der Waals surface area (Å²) < 4.78 is 24.9. The van der Waals surface area contributed by atoms with Crippen LogP contribution in [0.4, 0.5) is 0 Å². The molecule has 4 aromatic rings. The van der Waals surface area contributed by atoms with E-state index in [1.165, 1.54) is 4.68 Å². The lowest BCUT2D eigenvalue weighted by Crippen LogP contribution is -2.23. The predicted octanol–water partition coefficient (Wildman–Crippen LogP) is 6.21. The smallest absolute Gasteiger partial charge is 0.282 e. The molecule has 0 N–H and O–H groups in total. The molecule has 1 aliphatic rings. The van der Waals surface area contributed by atoms with Crippen molar-refractivity contribution in [1.29, 1.82) is 0 Å². The molecule has 0 amide bonds. The molecular formula is C30H28BrN3O5. The van der Waals surface area contributed by atoms with Gasteiger partial charge in [0.15, 0.2) is 23.0 Å². The zero-order valence-electron chi connectivity index (χ0n) is 21.9. The summed E-state index contributed by atoms with van der Waals surface area (Å²) in [4.78, 5) is 18.1. The Morgan fingerprint density at radius 2 is 1.97 bits per heavy atom. The van der Waals surface area contributed by atoms with Crippen LogP contribution in [-0.4, -0.2) is 29.8 Å². The molecule has 39 heavy (non-hydrogen) atoms. The Labute approximate surface area is 234 Å². The van der Waals surface area contributed by atoms with Gasteiger partial charge in [0.25, 0.3) is 5.56 Å². The quantitative estimate of drug-likeness (QED) is 0.170. The first-order valence-electron chi connectivity index (χ1n) is 12.5. The average Bonchev–Trinajstić information content (AvgIpc) is 3.40. The fourth-order valence-electron chi connectivity index (χ4n) is 4.34. The minimum absolute atomic E-state index is 0.0132. The lowest BCUT2D eigenvalue weighted by atomic mass is 10.1. The Bertz CT molecular complexity index is 1640. The fraction of sp³-hybridized carbons (Fsp3) is 0.233. The van der Waals surface area contributed by atoms with E-state index in [0.29, 0.717) is 47.0 Å². The Morgan fingerprint density at radius 3 is 2.74 bits per heavy atom. The molecule has 0 radical (unpaired) electrons. The summed E-state index contributed by atoms with van der Waals surface area (Å²) >= 11 is 3.44. The third-order valence-corrected chi connectivity index (χ3v) is 6.72. The molecule has 0 aliphatic carbocycles. The van der Waals surface area contributed by atoms with Crippen LogP contribution in [0.1, 0.15) is 42.3 Å². The monoisotopic (exact) mass is 589 g/mol. The highest BCUT2D eigenvalue weighted by molar-refractivity contribution is 9.10. The highest BCUT2D eigenvalue weighted by Gasteiger charge is 2.17. The molecule has 2 heterocycles. The molecule has 200 valence electrons. The molecular weight excluding hydrogens is 562 g/mol. The molecule has 0 spiro atoms. The first-order valence-corrected chi connectivity index (χ1v) is 13.3. The summed E-state index contributed by atoms with van der Waals surface area (Å²) in [7, 11) is 1.59. The number of allylic oxidation sites excluding steroid dienone is 1. The van der Waals surface area contributed by atoms with Crippen LogP contribution < -0.4 is 24.5 Å². The predicted molar refractivity (Wildman–Crippen MR) is 155 cm³/mol. The van der Waals surface area contributed by atoms with Crippen LogP contribution in [0.25, 0.3) is 10.9 Å². The second-order valence-electron chi connectivity index (χ2n) is 9.33. The van der Waals surface area contributed by atoms with Crippen LogP contribution in [0.5, 0.6) is 23.0 Å². The van der Waals surface area contributed by atoms with Gasteiger partial charge in [-0.2, -0.15) is 9.78 Å². The number of hydrogen-bond donors (Lipinski definition) is 0. The van der Waals surface area contributed by atoms with Gasteiger partial charge in [-0.25, -0.2) is 4.98 Å². The van der Waals surface area contributed by atoms with E-state index in [2.05, 4.69) is 27.6 Å². The summed E-state index contributed by atoms with van der Waals surface area (Å²) in [5, 5.41) is 5.05. The summed E-state index contributed by atoms with van der Waals surface area (Å²) in [6.45, 7) is 8.39. The van der Waals surface area contributed by atoms with E-state index in [1.54, 1.807) is 25.5 Å². The first-order chi connectivity index (χ1) is 18.9. The van der Waals surface area contributed by atoms with Crippen LogP contribution in [-0.2, 0) is 13.0 Å². The third-order valence-electron chi connectivity index (χ3n) is 6.23. The summed E-state index contributed by atoms with van der Waals surface area (Å²) in [5.74, 6) is 3.15. The van der Waals surface area contributed by atoms with Crippen LogP contribution in [0.15, 0.2) is 75.6 Å². The normalized spacial score (nSPS) is 12.4. The van der Waals surface area contributed by atoms with Crippen molar-refractivity contribution in [3.8, 4) is 23.0 Å². The summed E-state index contributed by atoms with van der Waals surface area (Å²) in [6, 6.07) is 15.0. The average molecular weight is 590 g/mol. The highest BCUT2D eigenvalue weighted by atomic mass is 79.9. The van der Waals surface area contributed by atoms with Crippen LogP contribution in [0, 0.1) is 0 Å². The Balaban J connectivity index is 1.49. The zero-order valence-corrected chi connectivity index (χ0v) is 23.5. The van der Waals surface area contributed by atoms with Gasteiger partial charge in [-0.1, -0.05) is 41.9 Å². The highest BCUT2D eigenvalue weighted by Crippen LogP contribution is 2.36. The molecule has 9 heteroatoms. The van der Waals surface area contributed by atoms with E-state index >= 15 is 0 Å². The lowest BCUT2D eigenvalue weighted by Gasteiger charge is -2.16. The maximum absolute atomic E-state index is 13.4. The van der Waals surface area contributed by atoms with Crippen molar-refractivity contribution >= 4 is 33.0 Å². The summed E-state index contributed by atoms with van der Waals surface area (Å²) in [6.07, 6.45) is 3.99. The Morgan fingerprint density at radius 1 is 1.15 bits per heavy atom. The summed E-state index contributed by atoms with van der Waals surface area (Å²) in [5.41, 5.74) is 2.96. The number of aromatic nitrogens is 2. The molecule has 1 aromatic heterocycles. The van der Waals surface area contributed by atoms with Gasteiger partial charge in [-0.05, 0) is 60.0 Å². The molecule has 0 atom stereocenters. The van der Waals surface area contributed by atoms with E-state index in [1.807, 2.05) is 56.3 Å². The first kappa shape index (κ1) is 26.5. The molecule has 8 nitrogen and oxygen atoms in total. The number of benzene rings is 3. The van der Waals surface area contributed by atoms with Gasteiger partial charge in [-0.15, -0.1) is 6.58 Å². The van der Waals surface area contributed by atoms with E-state index in [-0.39, 0.29) is 18.3 Å². The second-order valence-corrected chi connectivity index (χ2v) is 10.2. The van der Waals surface area contributed by atoms with Gasteiger partial charge in [0.2, 0.25) is 6.79 Å². The topological polar surface area (TPSA) is 84.2 Å². The van der Waals surface area contributed by atoms with Gasteiger partial charge in [0.05, 0.1) is 24.2 Å². The molecule has 3 aromatic carbocycles. The molecule has 0 unspecified atom stereocenters. The Hall–Kier alpha value is -4.11. The zero-order chi connectivity index (χ0) is 27.5. The minimum Gasteiger partial charge on any atom is -0.493 e. The molecule has 0 bridgehead atoms. The van der Waals surface area contributed by atoms with Crippen molar-refractivity contribution in [3.05, 3.63) is 98.5 Å². The van der Waals surface area contributed by atoms with Crippen LogP contribution in [0.3, 0.4) is 0 Å². The van der Waals surface area contributed by atoms with E-state index in [9.17, 15) is 4.79 Å². The molecule has 1 aliphatic heterocycles. The van der Waals surface area contributed by atoms with Crippen molar-refractivity contribution in [2.24, 2.45) is 5.10 Å². The third kappa shape index (κ3) is 5.54. The number of nitrogens with zero attached hydrogens (tertiary/aromatic N) is 3. The fourth-order valence-corrected chi connectivity index (χ4v) is 4.70. The number of ether oxygens (including phenoxy) is 4.